The number of methoxy groups -OCH3 is 1. The third kappa shape index (κ3) is 4.43. The maximum absolute atomic E-state index is 12.9. The molecule has 27 heavy (non-hydrogen) atoms. The van der Waals surface area contributed by atoms with Gasteiger partial charge in [-0.3, -0.25) is 14.6 Å². The number of aryl methyl sites for hydroxylation is 1. The number of carbonyl (C=O) groups excluding carboxylic acids is 2. The molecule has 2 aromatic heterocycles. The van der Waals surface area contributed by atoms with Crippen molar-refractivity contribution >= 4 is 11.8 Å². The van der Waals surface area contributed by atoms with Crippen molar-refractivity contribution in [1.82, 2.24) is 24.8 Å². The fourth-order valence-corrected chi connectivity index (χ4v) is 3.06. The number of hydrogen-bond donors (Lipinski definition) is 1. The number of nitrogens with one attached hydrogen (secondary N) is 1. The van der Waals surface area contributed by atoms with E-state index >= 15 is 0 Å². The van der Waals surface area contributed by atoms with Crippen LogP contribution in [0.15, 0.2) is 36.9 Å². The summed E-state index contributed by atoms with van der Waals surface area (Å²) in [6, 6.07) is 2.94. The third-order valence-electron chi connectivity index (χ3n) is 4.38. The van der Waals surface area contributed by atoms with Crippen LogP contribution in [0.1, 0.15) is 17.0 Å². The Labute approximate surface area is 157 Å². The largest absolute Gasteiger partial charge is 0.487 e. The number of nitrogens with zero attached hydrogens (tertiary/aromatic N) is 4. The summed E-state index contributed by atoms with van der Waals surface area (Å²) in [4.78, 5) is 35.2. The van der Waals surface area contributed by atoms with Gasteiger partial charge in [-0.1, -0.05) is 0 Å². The minimum absolute atomic E-state index is 0.230. The predicted molar refractivity (Wildman–Crippen MR) is 96.2 cm³/mol. The van der Waals surface area contributed by atoms with E-state index in [0.717, 1.165) is 0 Å². The van der Waals surface area contributed by atoms with Crippen LogP contribution in [0.4, 0.5) is 0 Å². The Bertz CT molecular complexity index is 779. The molecule has 1 aliphatic heterocycles. The summed E-state index contributed by atoms with van der Waals surface area (Å²) in [5.74, 6) is 0.359. The van der Waals surface area contributed by atoms with Crippen molar-refractivity contribution in [1.29, 1.82) is 0 Å². The van der Waals surface area contributed by atoms with E-state index in [1.165, 1.54) is 4.90 Å². The number of imidazole rings is 1. The maximum atomic E-state index is 12.9. The van der Waals surface area contributed by atoms with Crippen molar-refractivity contribution in [3.8, 4) is 5.75 Å². The molecule has 0 saturated carbocycles. The van der Waals surface area contributed by atoms with Crippen LogP contribution in [0, 0.1) is 0 Å². The third-order valence-corrected chi connectivity index (χ3v) is 4.38. The van der Waals surface area contributed by atoms with E-state index in [9.17, 15) is 9.59 Å². The van der Waals surface area contributed by atoms with Crippen molar-refractivity contribution in [3.05, 3.63) is 42.7 Å². The van der Waals surface area contributed by atoms with Gasteiger partial charge >= 0.3 is 0 Å². The van der Waals surface area contributed by atoms with Gasteiger partial charge in [0.15, 0.2) is 5.82 Å². The average molecular weight is 373 g/mol. The Hall–Kier alpha value is -2.94. The summed E-state index contributed by atoms with van der Waals surface area (Å²) in [5.41, 5.74) is 0. The van der Waals surface area contributed by atoms with E-state index < -0.39 is 6.04 Å². The van der Waals surface area contributed by atoms with E-state index in [4.69, 9.17) is 9.47 Å². The summed E-state index contributed by atoms with van der Waals surface area (Å²) in [5, 5.41) is 2.80. The molecule has 0 radical (unpaired) electrons. The fourth-order valence-electron chi connectivity index (χ4n) is 3.06. The second-order valence-electron chi connectivity index (χ2n) is 6.28. The lowest BCUT2D eigenvalue weighted by Crippen LogP contribution is -2.47. The monoisotopic (exact) mass is 373 g/mol. The predicted octanol–water partition coefficient (Wildman–Crippen LogP) is 0.240. The van der Waals surface area contributed by atoms with E-state index in [1.807, 2.05) is 0 Å². The molecule has 0 aromatic carbocycles. The van der Waals surface area contributed by atoms with Gasteiger partial charge < -0.3 is 24.3 Å². The lowest BCUT2D eigenvalue weighted by atomic mass is 10.2. The smallest absolute Gasteiger partial charge is 0.290 e. The summed E-state index contributed by atoms with van der Waals surface area (Å²) < 4.78 is 12.5. The van der Waals surface area contributed by atoms with Gasteiger partial charge in [0.25, 0.3) is 5.91 Å². The molecule has 144 valence electrons. The molecule has 0 unspecified atom stereocenters. The standard InChI is InChI=1S/C18H23N5O4/c1-22-8-6-20-16(22)18(25)23-12-14(27-13-4-3-5-19-11-13)10-15(23)17(24)21-7-9-26-2/h3-6,8,11,14-15H,7,9-10,12H2,1-2H3,(H,21,24)/t14-,15-/m0/s1. The molecule has 1 N–H and O–H groups in total. The highest BCUT2D eigenvalue weighted by Crippen LogP contribution is 2.24. The lowest BCUT2D eigenvalue weighted by Gasteiger charge is -2.23. The molecule has 0 bridgehead atoms. The Balaban J connectivity index is 1.75. The molecular formula is C18H23N5O4. The Morgan fingerprint density at radius 1 is 1.37 bits per heavy atom. The number of rotatable bonds is 7. The van der Waals surface area contributed by atoms with Crippen LogP contribution >= 0.6 is 0 Å². The van der Waals surface area contributed by atoms with Crippen molar-refractivity contribution in [3.63, 3.8) is 0 Å². The molecule has 3 heterocycles. The average Bonchev–Trinajstić information content (AvgIpc) is 3.28. The van der Waals surface area contributed by atoms with E-state index in [-0.39, 0.29) is 23.7 Å². The maximum Gasteiger partial charge on any atom is 0.290 e. The van der Waals surface area contributed by atoms with Gasteiger partial charge in [-0.25, -0.2) is 4.98 Å². The lowest BCUT2D eigenvalue weighted by molar-refractivity contribution is -0.125. The molecule has 0 aliphatic carbocycles. The number of ether oxygens (including phenoxy) is 2. The number of pyridine rings is 1. The SMILES string of the molecule is COCCNC(=O)[C@@H]1C[C@H](Oc2cccnc2)CN1C(=O)c1nccn1C. The molecule has 3 rings (SSSR count). The molecule has 1 aliphatic rings. The van der Waals surface area contributed by atoms with Gasteiger partial charge in [-0.05, 0) is 12.1 Å². The number of amides is 2. The first-order chi connectivity index (χ1) is 13.1. The van der Waals surface area contributed by atoms with Crippen LogP contribution in [-0.2, 0) is 16.6 Å². The van der Waals surface area contributed by atoms with Gasteiger partial charge in [-0.2, -0.15) is 0 Å². The van der Waals surface area contributed by atoms with Gasteiger partial charge in [0.2, 0.25) is 5.91 Å². The molecular weight excluding hydrogens is 350 g/mol. The Kier molecular flexibility index (Phi) is 6.02. The van der Waals surface area contributed by atoms with Crippen LogP contribution in [0.2, 0.25) is 0 Å². The zero-order chi connectivity index (χ0) is 19.2. The zero-order valence-electron chi connectivity index (χ0n) is 15.4. The first-order valence-electron chi connectivity index (χ1n) is 8.71. The zero-order valence-corrected chi connectivity index (χ0v) is 15.4. The highest BCUT2D eigenvalue weighted by molar-refractivity contribution is 5.95. The molecule has 9 nitrogen and oxygen atoms in total. The summed E-state index contributed by atoms with van der Waals surface area (Å²) in [6.45, 7) is 1.08. The molecule has 1 fully saturated rings. The number of hydrogen-bond acceptors (Lipinski definition) is 6. The first-order valence-corrected chi connectivity index (χ1v) is 8.71. The second-order valence-corrected chi connectivity index (χ2v) is 6.28. The molecule has 1 saturated heterocycles. The topological polar surface area (TPSA) is 98.6 Å². The van der Waals surface area contributed by atoms with Crippen molar-refractivity contribution < 1.29 is 19.1 Å². The van der Waals surface area contributed by atoms with Crippen LogP contribution in [0.25, 0.3) is 0 Å². The van der Waals surface area contributed by atoms with Crippen LogP contribution < -0.4 is 10.1 Å². The first kappa shape index (κ1) is 18.8. The van der Waals surface area contributed by atoms with E-state index in [0.29, 0.717) is 31.9 Å². The van der Waals surface area contributed by atoms with Gasteiger partial charge in [-0.15, -0.1) is 0 Å². The van der Waals surface area contributed by atoms with Crippen LogP contribution in [-0.4, -0.2) is 70.2 Å². The number of likely N-dealkylation sites (tertiary alicyclic amines) is 1. The Morgan fingerprint density at radius 2 is 2.22 bits per heavy atom. The van der Waals surface area contributed by atoms with Crippen molar-refractivity contribution in [2.24, 2.45) is 7.05 Å². The molecule has 2 amide bonds. The van der Waals surface area contributed by atoms with Crippen molar-refractivity contribution in [2.75, 3.05) is 26.8 Å². The van der Waals surface area contributed by atoms with Crippen molar-refractivity contribution in [2.45, 2.75) is 18.6 Å². The number of aromatic nitrogens is 3. The molecule has 2 aromatic rings. The quantitative estimate of drug-likeness (QED) is 0.698. The van der Waals surface area contributed by atoms with E-state index in [2.05, 4.69) is 15.3 Å². The summed E-state index contributed by atoms with van der Waals surface area (Å²) in [6.07, 6.45) is 6.60. The van der Waals surface area contributed by atoms with Gasteiger partial charge in [0.05, 0.1) is 19.3 Å². The van der Waals surface area contributed by atoms with Gasteiger partial charge in [0, 0.05) is 45.7 Å². The highest BCUT2D eigenvalue weighted by atomic mass is 16.5. The minimum atomic E-state index is -0.632. The second kappa shape index (κ2) is 8.63. The van der Waals surface area contributed by atoms with Crippen LogP contribution in [0.5, 0.6) is 5.75 Å². The van der Waals surface area contributed by atoms with Gasteiger partial charge in [0.1, 0.15) is 17.9 Å². The fraction of sp³-hybridized carbons (Fsp3) is 0.444. The summed E-state index contributed by atoms with van der Waals surface area (Å²) >= 11 is 0. The van der Waals surface area contributed by atoms with Crippen LogP contribution in [0.3, 0.4) is 0 Å². The Morgan fingerprint density at radius 3 is 2.89 bits per heavy atom. The normalized spacial score (nSPS) is 19.1. The summed E-state index contributed by atoms with van der Waals surface area (Å²) in [7, 11) is 3.31. The highest BCUT2D eigenvalue weighted by Gasteiger charge is 2.41. The minimum Gasteiger partial charge on any atom is -0.487 e. The molecule has 0 spiro atoms. The molecule has 2 atom stereocenters. The van der Waals surface area contributed by atoms with E-state index in [1.54, 1.807) is 55.6 Å². The molecule has 9 heteroatoms. The number of carbonyl (C=O) groups is 2.